The zero-order chi connectivity index (χ0) is 22.9. The van der Waals surface area contributed by atoms with Gasteiger partial charge in [0.2, 0.25) is 0 Å². The molecule has 0 aromatic heterocycles. The lowest BCUT2D eigenvalue weighted by Crippen LogP contribution is -2.21. The normalized spacial score (nSPS) is 11.5. The lowest BCUT2D eigenvalue weighted by Gasteiger charge is -2.21. The van der Waals surface area contributed by atoms with Gasteiger partial charge in [0, 0.05) is 24.7 Å². The molecule has 0 spiro atoms. The Morgan fingerprint density at radius 3 is 1.55 bits per heavy atom. The van der Waals surface area contributed by atoms with Crippen LogP contribution in [-0.2, 0) is 0 Å². The highest BCUT2D eigenvalue weighted by molar-refractivity contribution is 5.80. The lowest BCUT2D eigenvalue weighted by atomic mass is 9.86. The minimum absolute atomic E-state index is 0.320. The molecule has 0 aliphatic heterocycles. The molecule has 4 aromatic carbocycles. The first-order valence-electron chi connectivity index (χ1n) is 12.0. The Morgan fingerprint density at radius 2 is 1.06 bits per heavy atom. The number of nitrogens with zero attached hydrogens (tertiary/aromatic N) is 1. The molecule has 4 rings (SSSR count). The predicted octanol–water partition coefficient (Wildman–Crippen LogP) is 8.19. The Labute approximate surface area is 199 Å². The predicted molar refractivity (Wildman–Crippen MR) is 143 cm³/mol. The molecule has 0 radical (unpaired) electrons. The molecule has 1 heteroatoms. The van der Waals surface area contributed by atoms with Gasteiger partial charge < -0.3 is 4.90 Å². The van der Waals surface area contributed by atoms with E-state index >= 15 is 0 Å². The monoisotopic (exact) mass is 431 g/mol. The summed E-state index contributed by atoms with van der Waals surface area (Å²) in [5.74, 6) is 0.320. The van der Waals surface area contributed by atoms with E-state index in [2.05, 4.69) is 140 Å². The largest absolute Gasteiger partial charge is 0.372 e. The van der Waals surface area contributed by atoms with Gasteiger partial charge in [-0.05, 0) is 60.2 Å². The molecular formula is C32H33N. The highest BCUT2D eigenvalue weighted by Gasteiger charge is 2.14. The fourth-order valence-electron chi connectivity index (χ4n) is 4.53. The quantitative estimate of drug-likeness (QED) is 0.258. The molecule has 4 aromatic rings. The van der Waals surface area contributed by atoms with Crippen LogP contribution in [0.1, 0.15) is 48.4 Å². The van der Waals surface area contributed by atoms with Crippen molar-refractivity contribution in [3.05, 3.63) is 144 Å². The second-order valence-corrected chi connectivity index (χ2v) is 8.31. The fourth-order valence-corrected chi connectivity index (χ4v) is 4.53. The van der Waals surface area contributed by atoms with E-state index < -0.39 is 0 Å². The summed E-state index contributed by atoms with van der Waals surface area (Å²) in [7, 11) is 0. The molecule has 0 unspecified atom stereocenters. The van der Waals surface area contributed by atoms with Crippen LogP contribution < -0.4 is 4.90 Å². The molecular weight excluding hydrogens is 398 g/mol. The maximum absolute atomic E-state index is 2.42. The molecule has 1 nitrogen and oxygen atoms in total. The maximum atomic E-state index is 2.42. The summed E-state index contributed by atoms with van der Waals surface area (Å²) in [5.41, 5.74) is 7.79. The second-order valence-electron chi connectivity index (χ2n) is 8.31. The Bertz CT molecular complexity index is 1090. The summed E-state index contributed by atoms with van der Waals surface area (Å²) in [5, 5.41) is 0. The molecule has 0 bridgehead atoms. The molecule has 0 amide bonds. The zero-order valence-corrected chi connectivity index (χ0v) is 19.7. The van der Waals surface area contributed by atoms with Crippen LogP contribution in [0.4, 0.5) is 5.69 Å². The molecule has 0 atom stereocenters. The van der Waals surface area contributed by atoms with E-state index in [1.54, 1.807) is 0 Å². The van der Waals surface area contributed by atoms with Crippen molar-refractivity contribution in [2.24, 2.45) is 0 Å². The number of hydrogen-bond donors (Lipinski definition) is 0. The fraction of sp³-hybridized carbons (Fsp3) is 0.188. The lowest BCUT2D eigenvalue weighted by molar-refractivity contribution is 0.830. The van der Waals surface area contributed by atoms with Gasteiger partial charge in [0.25, 0.3) is 0 Å². The molecule has 166 valence electrons. The van der Waals surface area contributed by atoms with Crippen molar-refractivity contribution in [3.63, 3.8) is 0 Å². The van der Waals surface area contributed by atoms with E-state index in [-0.39, 0.29) is 0 Å². The first-order chi connectivity index (χ1) is 16.3. The summed E-state index contributed by atoms with van der Waals surface area (Å²) >= 11 is 0. The Kier molecular flexibility index (Phi) is 7.76. The number of rotatable bonds is 9. The Hall–Kier alpha value is -3.58. The molecule has 0 saturated heterocycles. The third kappa shape index (κ3) is 5.62. The summed E-state index contributed by atoms with van der Waals surface area (Å²) in [6, 6.07) is 41.5. The molecule has 0 aliphatic rings. The van der Waals surface area contributed by atoms with Crippen LogP contribution in [0.2, 0.25) is 0 Å². The molecule has 0 heterocycles. The summed E-state index contributed by atoms with van der Waals surface area (Å²) in [6.45, 7) is 6.46. The number of benzene rings is 4. The average molecular weight is 432 g/mol. The van der Waals surface area contributed by atoms with Gasteiger partial charge in [-0.3, -0.25) is 0 Å². The van der Waals surface area contributed by atoms with E-state index in [1.807, 2.05) is 0 Å². The Balaban J connectivity index is 1.72. The average Bonchev–Trinajstić information content (AvgIpc) is 2.89. The first-order valence-corrected chi connectivity index (χ1v) is 12.0. The van der Waals surface area contributed by atoms with Crippen molar-refractivity contribution < 1.29 is 0 Å². The van der Waals surface area contributed by atoms with Crippen LogP contribution in [0.3, 0.4) is 0 Å². The smallest absolute Gasteiger partial charge is 0.0366 e. The molecule has 0 N–H and O–H groups in total. The van der Waals surface area contributed by atoms with Crippen molar-refractivity contribution in [2.75, 3.05) is 18.0 Å². The van der Waals surface area contributed by atoms with Gasteiger partial charge in [-0.15, -0.1) is 0 Å². The van der Waals surface area contributed by atoms with Crippen LogP contribution in [0, 0.1) is 0 Å². The van der Waals surface area contributed by atoms with Crippen LogP contribution in [0.5, 0.6) is 0 Å². The van der Waals surface area contributed by atoms with Crippen molar-refractivity contribution >= 4 is 11.3 Å². The highest BCUT2D eigenvalue weighted by Crippen LogP contribution is 2.32. The van der Waals surface area contributed by atoms with E-state index in [0.29, 0.717) is 5.92 Å². The number of anilines is 1. The Morgan fingerprint density at radius 1 is 0.606 bits per heavy atom. The summed E-state index contributed by atoms with van der Waals surface area (Å²) in [4.78, 5) is 2.39. The maximum Gasteiger partial charge on any atom is 0.0366 e. The van der Waals surface area contributed by atoms with Gasteiger partial charge in [0.15, 0.2) is 0 Å². The third-order valence-corrected chi connectivity index (χ3v) is 6.35. The third-order valence-electron chi connectivity index (χ3n) is 6.35. The summed E-state index contributed by atoms with van der Waals surface area (Å²) in [6.07, 6.45) is 3.36. The van der Waals surface area contributed by atoms with Crippen LogP contribution in [0.15, 0.2) is 121 Å². The van der Waals surface area contributed by atoms with E-state index in [0.717, 1.165) is 19.5 Å². The van der Waals surface area contributed by atoms with Crippen LogP contribution in [-0.4, -0.2) is 13.1 Å². The highest BCUT2D eigenvalue weighted by atomic mass is 15.1. The molecule has 0 aliphatic carbocycles. The first kappa shape index (κ1) is 22.6. The summed E-state index contributed by atoms with van der Waals surface area (Å²) < 4.78 is 0. The van der Waals surface area contributed by atoms with Gasteiger partial charge >= 0.3 is 0 Å². The van der Waals surface area contributed by atoms with Gasteiger partial charge in [0.1, 0.15) is 0 Å². The molecule has 33 heavy (non-hydrogen) atoms. The van der Waals surface area contributed by atoms with Crippen molar-refractivity contribution in [2.45, 2.75) is 26.2 Å². The van der Waals surface area contributed by atoms with E-state index in [1.165, 1.54) is 33.5 Å². The van der Waals surface area contributed by atoms with Gasteiger partial charge in [-0.25, -0.2) is 0 Å². The van der Waals surface area contributed by atoms with Crippen molar-refractivity contribution in [1.82, 2.24) is 0 Å². The van der Waals surface area contributed by atoms with E-state index in [4.69, 9.17) is 0 Å². The minimum Gasteiger partial charge on any atom is -0.372 e. The molecule has 0 saturated carbocycles. The molecule has 0 fully saturated rings. The van der Waals surface area contributed by atoms with Crippen LogP contribution >= 0.6 is 0 Å². The van der Waals surface area contributed by atoms with Gasteiger partial charge in [-0.2, -0.15) is 0 Å². The van der Waals surface area contributed by atoms with Crippen LogP contribution in [0.25, 0.3) is 5.57 Å². The van der Waals surface area contributed by atoms with Crippen molar-refractivity contribution in [3.8, 4) is 0 Å². The van der Waals surface area contributed by atoms with Gasteiger partial charge in [-0.1, -0.05) is 109 Å². The topological polar surface area (TPSA) is 3.24 Å². The zero-order valence-electron chi connectivity index (χ0n) is 19.7. The van der Waals surface area contributed by atoms with Gasteiger partial charge in [0.05, 0.1) is 0 Å². The number of hydrogen-bond acceptors (Lipinski definition) is 1. The SMILES string of the molecule is CCN(CC)c1ccc(C(=CCC(c2ccccc2)c2ccccc2)c2ccccc2)cc1. The van der Waals surface area contributed by atoms with E-state index in [9.17, 15) is 0 Å². The second kappa shape index (κ2) is 11.3. The van der Waals surface area contributed by atoms with Crippen molar-refractivity contribution in [1.29, 1.82) is 0 Å². The minimum atomic E-state index is 0.320. The standard InChI is InChI=1S/C32H33N/c1-3-33(4-2)30-22-20-29(21-23-30)32(28-18-12-7-13-19-28)25-24-31(26-14-8-5-9-15-26)27-16-10-6-11-17-27/h5-23,25,31H,3-4,24H2,1-2H3. The number of allylic oxidation sites excluding steroid dienone is 1.